The lowest BCUT2D eigenvalue weighted by atomic mass is 10.1. The summed E-state index contributed by atoms with van der Waals surface area (Å²) in [6, 6.07) is 3.34. The van der Waals surface area contributed by atoms with Gasteiger partial charge in [0.05, 0.1) is 5.88 Å². The number of halogens is 3. The average Bonchev–Trinajstić information content (AvgIpc) is 2.64. The smallest absolute Gasteiger partial charge is 0.165 e. The van der Waals surface area contributed by atoms with Crippen molar-refractivity contribution in [3.05, 3.63) is 47.0 Å². The second-order valence-corrected chi connectivity index (χ2v) is 3.55. The van der Waals surface area contributed by atoms with Gasteiger partial charge in [0.2, 0.25) is 0 Å². The molecule has 0 bridgehead atoms. The summed E-state index contributed by atoms with van der Waals surface area (Å²) in [7, 11) is 0. The lowest BCUT2D eigenvalue weighted by Gasteiger charge is -1.98. The van der Waals surface area contributed by atoms with Crippen molar-refractivity contribution >= 4 is 11.6 Å². The maximum Gasteiger partial charge on any atom is 0.165 e. The van der Waals surface area contributed by atoms with Crippen LogP contribution in [0.4, 0.5) is 8.78 Å². The first-order valence-corrected chi connectivity index (χ1v) is 5.12. The molecule has 0 radical (unpaired) electrons. The van der Waals surface area contributed by atoms with E-state index in [0.717, 1.165) is 6.07 Å². The summed E-state index contributed by atoms with van der Waals surface area (Å²) in [4.78, 5) is 4.04. The lowest BCUT2D eigenvalue weighted by Crippen LogP contribution is -1.93. The molecule has 1 heterocycles. The molecule has 1 aromatic heterocycles. The van der Waals surface area contributed by atoms with E-state index in [0.29, 0.717) is 23.6 Å². The van der Waals surface area contributed by atoms with E-state index in [2.05, 4.69) is 15.2 Å². The Hall–Kier alpha value is -1.49. The summed E-state index contributed by atoms with van der Waals surface area (Å²) in [6.45, 7) is 0. The highest BCUT2D eigenvalue weighted by Gasteiger charge is 2.05. The predicted molar refractivity (Wildman–Crippen MR) is 55.1 cm³/mol. The number of hydrogen-bond donors (Lipinski definition) is 1. The van der Waals surface area contributed by atoms with Crippen LogP contribution in [0.15, 0.2) is 18.2 Å². The molecule has 0 aliphatic rings. The van der Waals surface area contributed by atoms with Gasteiger partial charge in [0.25, 0.3) is 0 Å². The van der Waals surface area contributed by atoms with Gasteiger partial charge in [-0.2, -0.15) is 5.10 Å². The zero-order valence-electron chi connectivity index (χ0n) is 8.17. The first kappa shape index (κ1) is 11.0. The molecule has 1 N–H and O–H groups in total. The average molecular weight is 244 g/mol. The molecule has 16 heavy (non-hydrogen) atoms. The Morgan fingerprint density at radius 3 is 2.44 bits per heavy atom. The third kappa shape index (κ3) is 2.55. The zero-order valence-corrected chi connectivity index (χ0v) is 8.93. The van der Waals surface area contributed by atoms with Crippen molar-refractivity contribution in [2.75, 3.05) is 0 Å². The van der Waals surface area contributed by atoms with Crippen LogP contribution in [0.25, 0.3) is 0 Å². The monoisotopic (exact) mass is 243 g/mol. The van der Waals surface area contributed by atoms with Gasteiger partial charge in [-0.25, -0.2) is 13.8 Å². The number of nitrogens with zero attached hydrogens (tertiary/aromatic N) is 2. The molecule has 0 atom stereocenters. The van der Waals surface area contributed by atoms with E-state index in [9.17, 15) is 8.78 Å². The van der Waals surface area contributed by atoms with Crippen molar-refractivity contribution in [3.8, 4) is 0 Å². The molecule has 0 saturated heterocycles. The molecule has 1 aromatic carbocycles. The number of nitrogens with one attached hydrogen (secondary N) is 1. The van der Waals surface area contributed by atoms with Gasteiger partial charge in [0, 0.05) is 12.5 Å². The molecule has 84 valence electrons. The van der Waals surface area contributed by atoms with Crippen molar-refractivity contribution in [1.82, 2.24) is 15.2 Å². The second-order valence-electron chi connectivity index (χ2n) is 3.29. The van der Waals surface area contributed by atoms with Crippen molar-refractivity contribution in [2.24, 2.45) is 0 Å². The van der Waals surface area contributed by atoms with Crippen LogP contribution in [0, 0.1) is 11.6 Å². The molecule has 3 nitrogen and oxygen atoms in total. The molecule has 2 aromatic rings. The summed E-state index contributed by atoms with van der Waals surface area (Å²) in [5.74, 6) is -0.0121. The zero-order chi connectivity index (χ0) is 11.5. The first-order valence-electron chi connectivity index (χ1n) is 4.58. The Morgan fingerprint density at radius 1 is 1.19 bits per heavy atom. The molecule has 0 amide bonds. The van der Waals surface area contributed by atoms with Gasteiger partial charge in [-0.1, -0.05) is 0 Å². The summed E-state index contributed by atoms with van der Waals surface area (Å²) >= 11 is 5.53. The molecule has 0 spiro atoms. The number of aromatic nitrogens is 3. The van der Waals surface area contributed by atoms with Crippen LogP contribution >= 0.6 is 11.6 Å². The molecule has 2 rings (SSSR count). The lowest BCUT2D eigenvalue weighted by molar-refractivity contribution is 0.580. The van der Waals surface area contributed by atoms with Gasteiger partial charge < -0.3 is 0 Å². The second kappa shape index (κ2) is 4.57. The number of aromatic amines is 1. The van der Waals surface area contributed by atoms with Gasteiger partial charge >= 0.3 is 0 Å². The number of hydrogen-bond acceptors (Lipinski definition) is 2. The summed E-state index contributed by atoms with van der Waals surface area (Å²) in [5.41, 5.74) is 0.495. The van der Waals surface area contributed by atoms with Gasteiger partial charge in [-0.05, 0) is 17.7 Å². The SMILES string of the molecule is Fc1cc(F)cc(Cc2nc(CCl)n[nH]2)c1. The quantitative estimate of drug-likeness (QED) is 0.841. The maximum absolute atomic E-state index is 12.9. The fraction of sp³-hybridized carbons (Fsp3) is 0.200. The molecular formula is C10H8ClF2N3. The Morgan fingerprint density at radius 2 is 1.88 bits per heavy atom. The standard InChI is InChI=1S/C10H8ClF2N3/c11-5-10-14-9(15-16-10)3-6-1-7(12)4-8(13)2-6/h1-2,4H,3,5H2,(H,14,15,16). The van der Waals surface area contributed by atoms with Gasteiger partial charge in [-0.3, -0.25) is 5.10 Å². The third-order valence-electron chi connectivity index (χ3n) is 1.99. The van der Waals surface area contributed by atoms with E-state index in [1.165, 1.54) is 12.1 Å². The van der Waals surface area contributed by atoms with Crippen LogP contribution in [-0.4, -0.2) is 15.2 Å². The van der Waals surface area contributed by atoms with Crippen molar-refractivity contribution in [2.45, 2.75) is 12.3 Å². The van der Waals surface area contributed by atoms with E-state index >= 15 is 0 Å². The molecule has 6 heteroatoms. The van der Waals surface area contributed by atoms with Crippen LogP contribution in [0.5, 0.6) is 0 Å². The van der Waals surface area contributed by atoms with Crippen molar-refractivity contribution in [3.63, 3.8) is 0 Å². The molecule has 0 fully saturated rings. The van der Waals surface area contributed by atoms with Crippen LogP contribution in [0.3, 0.4) is 0 Å². The van der Waals surface area contributed by atoms with Crippen LogP contribution in [0.2, 0.25) is 0 Å². The summed E-state index contributed by atoms with van der Waals surface area (Å²) in [5, 5.41) is 6.47. The Labute approximate surface area is 95.5 Å². The minimum absolute atomic E-state index is 0.202. The predicted octanol–water partition coefficient (Wildman–Crippen LogP) is 2.41. The topological polar surface area (TPSA) is 41.6 Å². The molecule has 0 aliphatic heterocycles. The Balaban J connectivity index is 2.19. The van der Waals surface area contributed by atoms with Crippen molar-refractivity contribution < 1.29 is 8.78 Å². The summed E-state index contributed by atoms with van der Waals surface area (Å²) in [6.07, 6.45) is 0.290. The van der Waals surface area contributed by atoms with E-state index in [4.69, 9.17) is 11.6 Å². The number of rotatable bonds is 3. The first-order chi connectivity index (χ1) is 7.67. The normalized spacial score (nSPS) is 10.7. The van der Waals surface area contributed by atoms with E-state index in [1.807, 2.05) is 0 Å². The maximum atomic E-state index is 12.9. The largest absolute Gasteiger partial charge is 0.263 e. The van der Waals surface area contributed by atoms with Crippen LogP contribution in [-0.2, 0) is 12.3 Å². The highest BCUT2D eigenvalue weighted by molar-refractivity contribution is 6.16. The van der Waals surface area contributed by atoms with Gasteiger partial charge in [0.1, 0.15) is 17.5 Å². The number of H-pyrrole nitrogens is 1. The molecule has 0 aliphatic carbocycles. The minimum Gasteiger partial charge on any atom is -0.263 e. The Bertz CT molecular complexity index is 478. The van der Waals surface area contributed by atoms with E-state index < -0.39 is 11.6 Å². The third-order valence-corrected chi connectivity index (χ3v) is 2.23. The summed E-state index contributed by atoms with van der Waals surface area (Å²) < 4.78 is 25.8. The fourth-order valence-corrected chi connectivity index (χ4v) is 1.50. The number of benzene rings is 1. The van der Waals surface area contributed by atoms with E-state index in [-0.39, 0.29) is 5.88 Å². The van der Waals surface area contributed by atoms with E-state index in [1.54, 1.807) is 0 Å². The highest BCUT2D eigenvalue weighted by atomic mass is 35.5. The molecule has 0 unspecified atom stereocenters. The molecular weight excluding hydrogens is 236 g/mol. The van der Waals surface area contributed by atoms with Crippen molar-refractivity contribution in [1.29, 1.82) is 0 Å². The van der Waals surface area contributed by atoms with Gasteiger partial charge in [0.15, 0.2) is 5.82 Å². The fourth-order valence-electron chi connectivity index (χ4n) is 1.38. The number of alkyl halides is 1. The molecule has 0 saturated carbocycles. The van der Waals surface area contributed by atoms with Gasteiger partial charge in [-0.15, -0.1) is 11.6 Å². The Kier molecular flexibility index (Phi) is 3.14. The highest BCUT2D eigenvalue weighted by Crippen LogP contribution is 2.11. The minimum atomic E-state index is -0.605. The van der Waals surface area contributed by atoms with Crippen LogP contribution in [0.1, 0.15) is 17.2 Å². The van der Waals surface area contributed by atoms with Crippen LogP contribution < -0.4 is 0 Å².